The van der Waals surface area contributed by atoms with Gasteiger partial charge < -0.3 is 11.1 Å². The Morgan fingerprint density at radius 2 is 1.75 bits per heavy atom. The van der Waals surface area contributed by atoms with Gasteiger partial charge in [-0.25, -0.2) is 0 Å². The second-order valence-corrected chi connectivity index (χ2v) is 4.77. The zero-order valence-corrected chi connectivity index (χ0v) is 11.8. The van der Waals surface area contributed by atoms with Crippen molar-refractivity contribution in [2.45, 2.75) is 25.7 Å². The molecule has 2 heterocycles. The predicted octanol–water partition coefficient (Wildman–Crippen LogP) is 3.07. The fourth-order valence-electron chi connectivity index (χ4n) is 2.05. The number of unbranched alkanes of at least 4 members (excludes halogenated alkanes) is 3. The Bertz CT molecular complexity index is 499. The SMILES string of the molecule is NCCCCCCNc1ccnc(-c2ccccn2)c1. The molecule has 0 aromatic carbocycles. The number of hydrogen-bond donors (Lipinski definition) is 2. The van der Waals surface area contributed by atoms with E-state index in [0.717, 1.165) is 36.6 Å². The summed E-state index contributed by atoms with van der Waals surface area (Å²) in [5, 5.41) is 3.43. The Balaban J connectivity index is 1.84. The van der Waals surface area contributed by atoms with Gasteiger partial charge in [0.25, 0.3) is 0 Å². The van der Waals surface area contributed by atoms with Gasteiger partial charge in [-0.1, -0.05) is 18.9 Å². The zero-order chi connectivity index (χ0) is 14.0. The molecule has 2 aromatic heterocycles. The lowest BCUT2D eigenvalue weighted by atomic mass is 10.2. The molecule has 0 saturated heterocycles. The first-order valence-electron chi connectivity index (χ1n) is 7.21. The van der Waals surface area contributed by atoms with E-state index < -0.39 is 0 Å². The monoisotopic (exact) mass is 270 g/mol. The number of rotatable bonds is 8. The quantitative estimate of drug-likeness (QED) is 0.724. The van der Waals surface area contributed by atoms with Crippen molar-refractivity contribution in [3.05, 3.63) is 42.7 Å². The van der Waals surface area contributed by atoms with E-state index in [4.69, 9.17) is 5.73 Å². The average molecular weight is 270 g/mol. The predicted molar refractivity (Wildman–Crippen MR) is 83.5 cm³/mol. The second kappa shape index (κ2) is 8.27. The van der Waals surface area contributed by atoms with Gasteiger partial charge >= 0.3 is 0 Å². The van der Waals surface area contributed by atoms with Crippen LogP contribution in [0.1, 0.15) is 25.7 Å². The smallest absolute Gasteiger partial charge is 0.0906 e. The first kappa shape index (κ1) is 14.5. The molecule has 0 aliphatic heterocycles. The molecule has 0 saturated carbocycles. The molecular formula is C16H22N4. The van der Waals surface area contributed by atoms with Crippen LogP contribution in [-0.4, -0.2) is 23.1 Å². The van der Waals surface area contributed by atoms with E-state index in [1.165, 1.54) is 19.3 Å². The maximum atomic E-state index is 5.48. The lowest BCUT2D eigenvalue weighted by Crippen LogP contribution is -2.03. The third kappa shape index (κ3) is 4.63. The molecule has 0 spiro atoms. The highest BCUT2D eigenvalue weighted by molar-refractivity contribution is 5.60. The summed E-state index contributed by atoms with van der Waals surface area (Å²) in [5.41, 5.74) is 8.38. The number of nitrogens with two attached hydrogens (primary N) is 1. The highest BCUT2D eigenvalue weighted by atomic mass is 14.9. The molecular weight excluding hydrogens is 248 g/mol. The summed E-state index contributed by atoms with van der Waals surface area (Å²) in [6, 6.07) is 9.89. The Morgan fingerprint density at radius 1 is 0.900 bits per heavy atom. The highest BCUT2D eigenvalue weighted by Gasteiger charge is 2.01. The molecule has 3 N–H and O–H groups in total. The molecule has 0 aliphatic rings. The zero-order valence-electron chi connectivity index (χ0n) is 11.8. The van der Waals surface area contributed by atoms with Crippen molar-refractivity contribution in [3.63, 3.8) is 0 Å². The lowest BCUT2D eigenvalue weighted by Gasteiger charge is -2.07. The van der Waals surface area contributed by atoms with E-state index in [2.05, 4.69) is 15.3 Å². The molecule has 0 fully saturated rings. The van der Waals surface area contributed by atoms with Crippen LogP contribution in [0.25, 0.3) is 11.4 Å². The van der Waals surface area contributed by atoms with E-state index in [9.17, 15) is 0 Å². The molecule has 4 heteroatoms. The van der Waals surface area contributed by atoms with Crippen LogP contribution in [0.5, 0.6) is 0 Å². The van der Waals surface area contributed by atoms with Crippen LogP contribution in [0.3, 0.4) is 0 Å². The number of hydrogen-bond acceptors (Lipinski definition) is 4. The van der Waals surface area contributed by atoms with Gasteiger partial charge in [0.2, 0.25) is 0 Å². The maximum Gasteiger partial charge on any atom is 0.0906 e. The summed E-state index contributed by atoms with van der Waals surface area (Å²) >= 11 is 0. The molecule has 0 bridgehead atoms. The van der Waals surface area contributed by atoms with Crippen LogP contribution in [0.2, 0.25) is 0 Å². The van der Waals surface area contributed by atoms with Crippen molar-refractivity contribution in [2.75, 3.05) is 18.4 Å². The average Bonchev–Trinajstić information content (AvgIpc) is 2.52. The number of aromatic nitrogens is 2. The Labute approximate surface area is 120 Å². The van der Waals surface area contributed by atoms with Gasteiger partial charge in [0, 0.05) is 24.6 Å². The van der Waals surface area contributed by atoms with Crippen molar-refractivity contribution in [2.24, 2.45) is 5.73 Å². The Hall–Kier alpha value is -1.94. The Morgan fingerprint density at radius 3 is 2.55 bits per heavy atom. The normalized spacial score (nSPS) is 10.4. The van der Waals surface area contributed by atoms with Crippen LogP contribution >= 0.6 is 0 Å². The van der Waals surface area contributed by atoms with E-state index in [1.54, 1.807) is 6.20 Å². The minimum absolute atomic E-state index is 0.797. The molecule has 2 aromatic rings. The third-order valence-corrected chi connectivity index (χ3v) is 3.15. The summed E-state index contributed by atoms with van der Waals surface area (Å²) < 4.78 is 0. The minimum Gasteiger partial charge on any atom is -0.385 e. The van der Waals surface area contributed by atoms with Crippen LogP contribution in [0.4, 0.5) is 5.69 Å². The summed E-state index contributed by atoms with van der Waals surface area (Å²) in [7, 11) is 0. The van der Waals surface area contributed by atoms with Crippen molar-refractivity contribution in [3.8, 4) is 11.4 Å². The van der Waals surface area contributed by atoms with Crippen LogP contribution in [-0.2, 0) is 0 Å². The maximum absolute atomic E-state index is 5.48. The van der Waals surface area contributed by atoms with Crippen LogP contribution in [0, 0.1) is 0 Å². The molecule has 0 atom stereocenters. The Kier molecular flexibility index (Phi) is 5.99. The van der Waals surface area contributed by atoms with Gasteiger partial charge in [0.05, 0.1) is 11.4 Å². The molecule has 0 radical (unpaired) electrons. The van der Waals surface area contributed by atoms with Crippen molar-refractivity contribution in [1.29, 1.82) is 0 Å². The summed E-state index contributed by atoms with van der Waals surface area (Å²) in [6.45, 7) is 1.78. The van der Waals surface area contributed by atoms with Gasteiger partial charge in [-0.3, -0.25) is 9.97 Å². The van der Waals surface area contributed by atoms with Gasteiger partial charge in [0.15, 0.2) is 0 Å². The van der Waals surface area contributed by atoms with Gasteiger partial charge in [0.1, 0.15) is 0 Å². The largest absolute Gasteiger partial charge is 0.385 e. The number of nitrogens with zero attached hydrogens (tertiary/aromatic N) is 2. The summed E-state index contributed by atoms with van der Waals surface area (Å²) in [5.74, 6) is 0. The number of anilines is 1. The number of nitrogens with one attached hydrogen (secondary N) is 1. The van der Waals surface area contributed by atoms with Gasteiger partial charge in [-0.2, -0.15) is 0 Å². The van der Waals surface area contributed by atoms with Crippen molar-refractivity contribution < 1.29 is 0 Å². The van der Waals surface area contributed by atoms with E-state index in [-0.39, 0.29) is 0 Å². The fourth-order valence-corrected chi connectivity index (χ4v) is 2.05. The molecule has 4 nitrogen and oxygen atoms in total. The fraction of sp³-hybridized carbons (Fsp3) is 0.375. The molecule has 0 aliphatic carbocycles. The molecule has 106 valence electrons. The summed E-state index contributed by atoms with van der Waals surface area (Å²) in [6.07, 6.45) is 8.34. The first-order chi connectivity index (χ1) is 9.90. The van der Waals surface area contributed by atoms with Crippen LogP contribution in [0.15, 0.2) is 42.7 Å². The standard InChI is InChI=1S/C16H22N4/c17-9-4-1-2-5-10-18-14-8-12-20-16(13-14)15-7-3-6-11-19-15/h3,6-8,11-13H,1-2,4-5,9-10,17H2,(H,18,20). The van der Waals surface area contributed by atoms with E-state index >= 15 is 0 Å². The van der Waals surface area contributed by atoms with Crippen molar-refractivity contribution in [1.82, 2.24) is 9.97 Å². The molecule has 0 amide bonds. The second-order valence-electron chi connectivity index (χ2n) is 4.77. The van der Waals surface area contributed by atoms with E-state index in [0.29, 0.717) is 0 Å². The van der Waals surface area contributed by atoms with Gasteiger partial charge in [-0.15, -0.1) is 0 Å². The molecule has 20 heavy (non-hydrogen) atoms. The highest BCUT2D eigenvalue weighted by Crippen LogP contribution is 2.17. The minimum atomic E-state index is 0.797. The topological polar surface area (TPSA) is 63.8 Å². The van der Waals surface area contributed by atoms with Gasteiger partial charge in [-0.05, 0) is 43.7 Å². The van der Waals surface area contributed by atoms with E-state index in [1.807, 2.05) is 36.5 Å². The lowest BCUT2D eigenvalue weighted by molar-refractivity contribution is 0.661. The van der Waals surface area contributed by atoms with Crippen molar-refractivity contribution >= 4 is 5.69 Å². The first-order valence-corrected chi connectivity index (χ1v) is 7.21. The summed E-state index contributed by atoms with van der Waals surface area (Å²) in [4.78, 5) is 8.68. The third-order valence-electron chi connectivity index (χ3n) is 3.15. The van der Waals surface area contributed by atoms with Crippen LogP contribution < -0.4 is 11.1 Å². The molecule has 0 unspecified atom stereocenters. The molecule has 2 rings (SSSR count). The number of pyridine rings is 2.